The summed E-state index contributed by atoms with van der Waals surface area (Å²) in [4.78, 5) is 22.4. The average molecular weight is 385 g/mol. The number of rotatable bonds is 6. The fraction of sp³-hybridized carbons (Fsp3) is 0.150. The topological polar surface area (TPSA) is 58.1 Å². The molecule has 0 aliphatic heterocycles. The molecule has 0 saturated heterocycles. The third kappa shape index (κ3) is 5.01. The van der Waals surface area contributed by atoms with Gasteiger partial charge in [0.05, 0.1) is 5.02 Å². The molecular weight excluding hydrogens is 367 g/mol. The third-order valence-corrected chi connectivity index (χ3v) is 4.31. The van der Waals surface area contributed by atoms with E-state index in [1.54, 1.807) is 48.7 Å². The van der Waals surface area contributed by atoms with Crippen LogP contribution in [0.5, 0.6) is 0 Å². The fourth-order valence-electron chi connectivity index (χ4n) is 2.51. The number of carbonyl (C=O) groups is 1. The summed E-state index contributed by atoms with van der Waals surface area (Å²) in [6, 6.07) is 11.6. The second-order valence-electron chi connectivity index (χ2n) is 6.02. The van der Waals surface area contributed by atoms with E-state index in [2.05, 4.69) is 15.3 Å². The second kappa shape index (κ2) is 8.60. The Balaban J connectivity index is 1.66. The molecule has 3 aromatic rings. The van der Waals surface area contributed by atoms with Crippen LogP contribution in [0.2, 0.25) is 5.02 Å². The van der Waals surface area contributed by atoms with Gasteiger partial charge in [0.15, 0.2) is 0 Å². The van der Waals surface area contributed by atoms with E-state index in [1.807, 2.05) is 12.1 Å². The van der Waals surface area contributed by atoms with Crippen molar-refractivity contribution in [3.05, 3.63) is 83.2 Å². The van der Waals surface area contributed by atoms with Crippen molar-refractivity contribution in [2.45, 2.75) is 6.42 Å². The zero-order chi connectivity index (χ0) is 19.2. The van der Waals surface area contributed by atoms with Gasteiger partial charge in [-0.2, -0.15) is 0 Å². The number of benzene rings is 1. The third-order valence-electron chi connectivity index (χ3n) is 4.02. The van der Waals surface area contributed by atoms with Crippen molar-refractivity contribution >= 4 is 28.9 Å². The summed E-state index contributed by atoms with van der Waals surface area (Å²) in [6.45, 7) is 0.565. The molecule has 27 heavy (non-hydrogen) atoms. The first-order chi connectivity index (χ1) is 13.0. The lowest BCUT2D eigenvalue weighted by Crippen LogP contribution is -2.29. The van der Waals surface area contributed by atoms with Crippen LogP contribution in [0.15, 0.2) is 61.1 Å². The summed E-state index contributed by atoms with van der Waals surface area (Å²) in [6.07, 6.45) is 5.75. The predicted octanol–water partition coefficient (Wildman–Crippen LogP) is 4.33. The zero-order valence-corrected chi connectivity index (χ0v) is 15.4. The number of pyridine rings is 2. The van der Waals surface area contributed by atoms with E-state index in [9.17, 15) is 9.18 Å². The smallest absolute Gasteiger partial charge is 0.272 e. The van der Waals surface area contributed by atoms with E-state index in [0.717, 1.165) is 12.0 Å². The van der Waals surface area contributed by atoms with Gasteiger partial charge in [0, 0.05) is 43.6 Å². The van der Waals surface area contributed by atoms with Gasteiger partial charge in [0.25, 0.3) is 5.91 Å². The number of halogens is 2. The number of aromatic nitrogens is 2. The van der Waals surface area contributed by atoms with E-state index < -0.39 is 5.82 Å². The molecule has 0 fully saturated rings. The van der Waals surface area contributed by atoms with E-state index in [-0.39, 0.29) is 10.9 Å². The lowest BCUT2D eigenvalue weighted by Gasteiger charge is -2.17. The molecule has 7 heteroatoms. The average Bonchev–Trinajstić information content (AvgIpc) is 2.69. The molecule has 138 valence electrons. The summed E-state index contributed by atoms with van der Waals surface area (Å²) in [5.74, 6) is -0.659. The highest BCUT2D eigenvalue weighted by molar-refractivity contribution is 6.31. The molecule has 2 aromatic heterocycles. The summed E-state index contributed by atoms with van der Waals surface area (Å²) in [5.41, 5.74) is 2.72. The molecule has 1 N–H and O–H groups in total. The number of nitrogens with zero attached hydrogens (tertiary/aromatic N) is 3. The summed E-state index contributed by atoms with van der Waals surface area (Å²) in [7, 11) is 1.74. The van der Waals surface area contributed by atoms with Crippen molar-refractivity contribution in [2.24, 2.45) is 0 Å². The molecule has 2 heterocycles. The normalized spacial score (nSPS) is 10.5. The Hall–Kier alpha value is -2.99. The highest BCUT2D eigenvalue weighted by Gasteiger charge is 2.14. The summed E-state index contributed by atoms with van der Waals surface area (Å²) in [5, 5.41) is 3.12. The minimum Gasteiger partial charge on any atom is -0.355 e. The van der Waals surface area contributed by atoms with Gasteiger partial charge in [-0.3, -0.25) is 14.8 Å². The van der Waals surface area contributed by atoms with Crippen LogP contribution < -0.4 is 5.32 Å². The maximum absolute atomic E-state index is 13.3. The molecule has 0 saturated carbocycles. The number of carbonyl (C=O) groups excluding carboxylic acids is 1. The fourth-order valence-corrected chi connectivity index (χ4v) is 2.69. The van der Waals surface area contributed by atoms with E-state index >= 15 is 0 Å². The van der Waals surface area contributed by atoms with Crippen LogP contribution in [0.25, 0.3) is 0 Å². The van der Waals surface area contributed by atoms with Crippen molar-refractivity contribution in [3.63, 3.8) is 0 Å². The maximum Gasteiger partial charge on any atom is 0.272 e. The predicted molar refractivity (Wildman–Crippen MR) is 104 cm³/mol. The molecule has 0 aliphatic carbocycles. The molecule has 0 radical (unpaired) electrons. The minimum absolute atomic E-state index is 0.0289. The van der Waals surface area contributed by atoms with Gasteiger partial charge >= 0.3 is 0 Å². The van der Waals surface area contributed by atoms with Crippen molar-refractivity contribution in [1.29, 1.82) is 0 Å². The SMILES string of the molecule is CN(CCc1ccncc1)C(=O)c1cc(Nc2ccc(F)c(Cl)c2)ccn1. The molecule has 5 nitrogen and oxygen atoms in total. The lowest BCUT2D eigenvalue weighted by atomic mass is 10.2. The van der Waals surface area contributed by atoms with Gasteiger partial charge < -0.3 is 10.2 Å². The first-order valence-corrected chi connectivity index (χ1v) is 8.73. The van der Waals surface area contributed by atoms with E-state index in [0.29, 0.717) is 23.6 Å². The number of nitrogens with one attached hydrogen (secondary N) is 1. The minimum atomic E-state index is -0.483. The number of hydrogen-bond donors (Lipinski definition) is 1. The molecule has 0 aliphatic rings. The Morgan fingerprint density at radius 2 is 1.85 bits per heavy atom. The molecule has 3 rings (SSSR count). The van der Waals surface area contributed by atoms with Crippen LogP contribution in [-0.4, -0.2) is 34.4 Å². The van der Waals surface area contributed by atoms with Gasteiger partial charge in [-0.25, -0.2) is 4.39 Å². The van der Waals surface area contributed by atoms with Crippen molar-refractivity contribution < 1.29 is 9.18 Å². The van der Waals surface area contributed by atoms with Crippen LogP contribution in [0.3, 0.4) is 0 Å². The number of anilines is 2. The quantitative estimate of drug-likeness (QED) is 0.687. The van der Waals surface area contributed by atoms with Crippen molar-refractivity contribution in [2.75, 3.05) is 18.9 Å². The summed E-state index contributed by atoms with van der Waals surface area (Å²) >= 11 is 5.80. The first kappa shape index (κ1) is 18.8. The molecule has 0 spiro atoms. The highest BCUT2D eigenvalue weighted by atomic mass is 35.5. The van der Waals surface area contributed by atoms with E-state index in [4.69, 9.17) is 11.6 Å². The van der Waals surface area contributed by atoms with Crippen LogP contribution in [-0.2, 0) is 6.42 Å². The Kier molecular flexibility index (Phi) is 5.98. The van der Waals surface area contributed by atoms with Gasteiger partial charge in [0.1, 0.15) is 11.5 Å². The number of hydrogen-bond acceptors (Lipinski definition) is 4. The number of amides is 1. The molecule has 1 aromatic carbocycles. The Labute approximate surface area is 161 Å². The van der Waals surface area contributed by atoms with Crippen LogP contribution in [0, 0.1) is 5.82 Å². The first-order valence-electron chi connectivity index (χ1n) is 8.35. The monoisotopic (exact) mass is 384 g/mol. The Morgan fingerprint density at radius 1 is 1.11 bits per heavy atom. The van der Waals surface area contributed by atoms with Gasteiger partial charge in [-0.1, -0.05) is 11.6 Å². The van der Waals surface area contributed by atoms with Crippen LogP contribution >= 0.6 is 11.6 Å². The highest BCUT2D eigenvalue weighted by Crippen LogP contribution is 2.23. The van der Waals surface area contributed by atoms with Gasteiger partial charge in [-0.05, 0) is 54.4 Å². The van der Waals surface area contributed by atoms with Gasteiger partial charge in [0.2, 0.25) is 0 Å². The molecule has 1 amide bonds. The van der Waals surface area contributed by atoms with Crippen LogP contribution in [0.1, 0.15) is 16.1 Å². The Bertz CT molecular complexity index is 936. The van der Waals surface area contributed by atoms with Crippen LogP contribution in [0.4, 0.5) is 15.8 Å². The standard InChI is InChI=1S/C20H18ClFN4O/c1-26(11-7-14-4-8-23-9-5-14)20(27)19-13-16(6-10-24-19)25-15-2-3-18(22)17(21)12-15/h2-6,8-10,12-13H,7,11H2,1H3,(H,24,25). The maximum atomic E-state index is 13.3. The summed E-state index contributed by atoms with van der Waals surface area (Å²) < 4.78 is 13.3. The number of likely N-dealkylation sites (N-methyl/N-ethyl adjacent to an activating group) is 1. The lowest BCUT2D eigenvalue weighted by molar-refractivity contribution is 0.0791. The molecular formula is C20H18ClFN4O. The molecule has 0 unspecified atom stereocenters. The zero-order valence-electron chi connectivity index (χ0n) is 14.7. The second-order valence-corrected chi connectivity index (χ2v) is 6.42. The van der Waals surface area contributed by atoms with Crippen molar-refractivity contribution in [3.8, 4) is 0 Å². The van der Waals surface area contributed by atoms with E-state index in [1.165, 1.54) is 12.1 Å². The van der Waals surface area contributed by atoms with Gasteiger partial charge in [-0.15, -0.1) is 0 Å². The van der Waals surface area contributed by atoms with Crippen molar-refractivity contribution in [1.82, 2.24) is 14.9 Å². The Morgan fingerprint density at radius 3 is 2.59 bits per heavy atom. The molecule has 0 atom stereocenters. The largest absolute Gasteiger partial charge is 0.355 e. The molecule has 0 bridgehead atoms.